The van der Waals surface area contributed by atoms with E-state index in [1.807, 2.05) is 13.1 Å². The van der Waals surface area contributed by atoms with E-state index in [1.54, 1.807) is 0 Å². The first-order chi connectivity index (χ1) is 7.69. The van der Waals surface area contributed by atoms with Crippen LogP contribution in [0.25, 0.3) is 0 Å². The third-order valence-corrected chi connectivity index (χ3v) is 2.71. The Morgan fingerprint density at radius 2 is 2.25 bits per heavy atom. The standard InChI is InChI=1S/C13H18BrNO/c1-4-5-6-16-13-10(2)7-12(14)8-11(13)9-15-3/h4,7-8,15H,1,5-6,9H2,2-3H3. The second-order valence-corrected chi connectivity index (χ2v) is 4.58. The van der Waals surface area contributed by atoms with Crippen molar-refractivity contribution < 1.29 is 4.74 Å². The van der Waals surface area contributed by atoms with Crippen molar-refractivity contribution in [2.75, 3.05) is 13.7 Å². The number of hydrogen-bond donors (Lipinski definition) is 1. The van der Waals surface area contributed by atoms with Crippen LogP contribution in [0, 0.1) is 6.92 Å². The van der Waals surface area contributed by atoms with Crippen molar-refractivity contribution in [3.05, 3.63) is 40.4 Å². The second-order valence-electron chi connectivity index (χ2n) is 3.67. The van der Waals surface area contributed by atoms with Gasteiger partial charge >= 0.3 is 0 Å². The molecule has 88 valence electrons. The van der Waals surface area contributed by atoms with Crippen LogP contribution < -0.4 is 10.1 Å². The Hall–Kier alpha value is -0.800. The predicted octanol–water partition coefficient (Wildman–Crippen LogP) is 3.43. The van der Waals surface area contributed by atoms with Crippen LogP contribution in [0.2, 0.25) is 0 Å². The molecule has 0 aliphatic heterocycles. The molecule has 0 aliphatic rings. The zero-order valence-corrected chi connectivity index (χ0v) is 11.4. The number of nitrogens with one attached hydrogen (secondary N) is 1. The molecule has 0 saturated heterocycles. The van der Waals surface area contributed by atoms with Gasteiger partial charge in [-0.15, -0.1) is 6.58 Å². The molecule has 0 amide bonds. The summed E-state index contributed by atoms with van der Waals surface area (Å²) in [7, 11) is 1.93. The summed E-state index contributed by atoms with van der Waals surface area (Å²) in [6, 6.07) is 4.16. The zero-order valence-electron chi connectivity index (χ0n) is 9.85. The molecule has 0 aromatic heterocycles. The fourth-order valence-electron chi connectivity index (χ4n) is 1.57. The molecule has 0 radical (unpaired) electrons. The number of aryl methyl sites for hydroxylation is 1. The molecule has 0 aliphatic carbocycles. The summed E-state index contributed by atoms with van der Waals surface area (Å²) >= 11 is 3.50. The molecule has 0 atom stereocenters. The minimum atomic E-state index is 0.683. The lowest BCUT2D eigenvalue weighted by Crippen LogP contribution is -2.09. The molecule has 2 nitrogen and oxygen atoms in total. The fourth-order valence-corrected chi connectivity index (χ4v) is 2.19. The topological polar surface area (TPSA) is 21.3 Å². The summed E-state index contributed by atoms with van der Waals surface area (Å²) in [6.45, 7) is 7.24. The molecule has 0 fully saturated rings. The summed E-state index contributed by atoms with van der Waals surface area (Å²) in [5.74, 6) is 0.986. The van der Waals surface area contributed by atoms with Crippen LogP contribution in [0.5, 0.6) is 5.75 Å². The Morgan fingerprint density at radius 3 is 2.88 bits per heavy atom. The highest BCUT2D eigenvalue weighted by Crippen LogP contribution is 2.28. The first-order valence-corrected chi connectivity index (χ1v) is 6.15. The molecule has 0 spiro atoms. The molecular weight excluding hydrogens is 266 g/mol. The monoisotopic (exact) mass is 283 g/mol. The summed E-state index contributed by atoms with van der Waals surface area (Å²) in [5, 5.41) is 3.15. The highest BCUT2D eigenvalue weighted by atomic mass is 79.9. The molecule has 16 heavy (non-hydrogen) atoms. The predicted molar refractivity (Wildman–Crippen MR) is 72.0 cm³/mol. The van der Waals surface area contributed by atoms with Crippen LogP contribution in [0.15, 0.2) is 29.3 Å². The van der Waals surface area contributed by atoms with Crippen LogP contribution in [-0.4, -0.2) is 13.7 Å². The van der Waals surface area contributed by atoms with Crippen molar-refractivity contribution in [3.8, 4) is 5.75 Å². The van der Waals surface area contributed by atoms with Gasteiger partial charge in [-0.3, -0.25) is 0 Å². The van der Waals surface area contributed by atoms with E-state index in [9.17, 15) is 0 Å². The van der Waals surface area contributed by atoms with Crippen LogP contribution >= 0.6 is 15.9 Å². The van der Waals surface area contributed by atoms with Crippen molar-refractivity contribution in [1.29, 1.82) is 0 Å². The van der Waals surface area contributed by atoms with Crippen molar-refractivity contribution >= 4 is 15.9 Å². The maximum atomic E-state index is 5.78. The van der Waals surface area contributed by atoms with Crippen LogP contribution in [0.3, 0.4) is 0 Å². The molecule has 1 aromatic rings. The minimum absolute atomic E-state index is 0.683. The van der Waals surface area contributed by atoms with E-state index in [1.165, 1.54) is 5.56 Å². The Kier molecular flexibility index (Phi) is 5.56. The van der Waals surface area contributed by atoms with Crippen molar-refractivity contribution in [2.24, 2.45) is 0 Å². The van der Waals surface area contributed by atoms with Gasteiger partial charge in [-0.1, -0.05) is 22.0 Å². The van der Waals surface area contributed by atoms with E-state index in [2.05, 4.69) is 46.9 Å². The van der Waals surface area contributed by atoms with E-state index < -0.39 is 0 Å². The van der Waals surface area contributed by atoms with Crippen molar-refractivity contribution in [1.82, 2.24) is 5.32 Å². The van der Waals surface area contributed by atoms with E-state index >= 15 is 0 Å². The van der Waals surface area contributed by atoms with Gasteiger partial charge in [-0.2, -0.15) is 0 Å². The van der Waals surface area contributed by atoms with Gasteiger partial charge in [0.2, 0.25) is 0 Å². The van der Waals surface area contributed by atoms with Crippen molar-refractivity contribution in [2.45, 2.75) is 19.9 Å². The molecule has 1 aromatic carbocycles. The Bertz CT molecular complexity index is 363. The van der Waals surface area contributed by atoms with Gasteiger partial charge < -0.3 is 10.1 Å². The van der Waals surface area contributed by atoms with E-state index in [0.717, 1.165) is 28.8 Å². The largest absolute Gasteiger partial charge is 0.493 e. The average Bonchev–Trinajstić information content (AvgIpc) is 2.22. The minimum Gasteiger partial charge on any atom is -0.493 e. The highest BCUT2D eigenvalue weighted by molar-refractivity contribution is 9.10. The third-order valence-electron chi connectivity index (χ3n) is 2.25. The SMILES string of the molecule is C=CCCOc1c(C)cc(Br)cc1CNC. The van der Waals surface area contributed by atoms with Crippen LogP contribution in [0.1, 0.15) is 17.5 Å². The zero-order chi connectivity index (χ0) is 12.0. The smallest absolute Gasteiger partial charge is 0.126 e. The van der Waals surface area contributed by atoms with Gasteiger partial charge in [0.15, 0.2) is 0 Å². The van der Waals surface area contributed by atoms with E-state index in [4.69, 9.17) is 4.74 Å². The third kappa shape index (κ3) is 3.65. The number of ether oxygens (including phenoxy) is 1. The van der Waals surface area contributed by atoms with E-state index in [-0.39, 0.29) is 0 Å². The Labute approximate surface area is 106 Å². The molecule has 3 heteroatoms. The number of hydrogen-bond acceptors (Lipinski definition) is 2. The lowest BCUT2D eigenvalue weighted by molar-refractivity contribution is 0.318. The molecule has 1 rings (SSSR count). The Balaban J connectivity index is 2.89. The normalized spacial score (nSPS) is 10.2. The lowest BCUT2D eigenvalue weighted by atomic mass is 10.1. The van der Waals surface area contributed by atoms with Gasteiger partial charge in [-0.05, 0) is 38.1 Å². The van der Waals surface area contributed by atoms with Crippen molar-refractivity contribution in [3.63, 3.8) is 0 Å². The number of rotatable bonds is 6. The van der Waals surface area contributed by atoms with Gasteiger partial charge in [0.05, 0.1) is 6.61 Å². The summed E-state index contributed by atoms with van der Waals surface area (Å²) in [6.07, 6.45) is 2.74. The lowest BCUT2D eigenvalue weighted by Gasteiger charge is -2.14. The van der Waals surface area contributed by atoms with Gasteiger partial charge in [-0.25, -0.2) is 0 Å². The molecule has 0 bridgehead atoms. The molecular formula is C13H18BrNO. The molecule has 0 unspecified atom stereocenters. The summed E-state index contributed by atoms with van der Waals surface area (Å²) < 4.78 is 6.87. The second kappa shape index (κ2) is 6.71. The first-order valence-electron chi connectivity index (χ1n) is 5.36. The summed E-state index contributed by atoms with van der Waals surface area (Å²) in [5.41, 5.74) is 2.34. The Morgan fingerprint density at radius 1 is 1.50 bits per heavy atom. The fraction of sp³-hybridized carbons (Fsp3) is 0.385. The maximum Gasteiger partial charge on any atom is 0.126 e. The quantitative estimate of drug-likeness (QED) is 0.638. The number of benzene rings is 1. The van der Waals surface area contributed by atoms with Gasteiger partial charge in [0, 0.05) is 16.6 Å². The first kappa shape index (κ1) is 13.3. The molecule has 1 N–H and O–H groups in total. The van der Waals surface area contributed by atoms with E-state index in [0.29, 0.717) is 6.61 Å². The van der Waals surface area contributed by atoms with Gasteiger partial charge in [0.25, 0.3) is 0 Å². The van der Waals surface area contributed by atoms with Gasteiger partial charge in [0.1, 0.15) is 5.75 Å². The van der Waals surface area contributed by atoms with Crippen LogP contribution in [0.4, 0.5) is 0 Å². The molecule has 0 saturated carbocycles. The average molecular weight is 284 g/mol. The maximum absolute atomic E-state index is 5.78. The van der Waals surface area contributed by atoms with Crippen LogP contribution in [-0.2, 0) is 6.54 Å². The number of halogens is 1. The highest BCUT2D eigenvalue weighted by Gasteiger charge is 2.08. The molecule has 0 heterocycles. The summed E-state index contributed by atoms with van der Waals surface area (Å²) in [4.78, 5) is 0.